The summed E-state index contributed by atoms with van der Waals surface area (Å²) < 4.78 is 54.0. The van der Waals surface area contributed by atoms with Gasteiger partial charge in [-0.05, 0) is 55.3 Å². The first-order valence-electron chi connectivity index (χ1n) is 11.0. The van der Waals surface area contributed by atoms with Gasteiger partial charge in [-0.3, -0.25) is 9.63 Å². The van der Waals surface area contributed by atoms with Crippen molar-refractivity contribution in [3.63, 3.8) is 0 Å². The van der Waals surface area contributed by atoms with Crippen molar-refractivity contribution in [1.29, 1.82) is 0 Å². The van der Waals surface area contributed by atoms with Crippen LogP contribution in [0, 0.1) is 17.6 Å². The summed E-state index contributed by atoms with van der Waals surface area (Å²) >= 11 is 0. The van der Waals surface area contributed by atoms with Crippen molar-refractivity contribution >= 4 is 39.1 Å². The summed E-state index contributed by atoms with van der Waals surface area (Å²) in [7, 11) is -2.36. The number of aromatic nitrogens is 2. The highest BCUT2D eigenvalue weighted by Gasteiger charge is 2.32. The zero-order valence-corrected chi connectivity index (χ0v) is 20.1. The highest BCUT2D eigenvalue weighted by molar-refractivity contribution is 7.89. The highest BCUT2D eigenvalue weighted by Crippen LogP contribution is 2.26. The minimum absolute atomic E-state index is 0.127. The van der Waals surface area contributed by atoms with Gasteiger partial charge in [0, 0.05) is 42.6 Å². The first kappa shape index (κ1) is 25.4. The molecule has 0 saturated carbocycles. The lowest BCUT2D eigenvalue weighted by Gasteiger charge is -2.30. The lowest BCUT2D eigenvalue weighted by molar-refractivity contribution is -0.136. The van der Waals surface area contributed by atoms with Crippen LogP contribution in [0.15, 0.2) is 59.6 Å². The van der Waals surface area contributed by atoms with Crippen LogP contribution in [0.1, 0.15) is 12.8 Å². The standard InChI is InChI=1S/C23H24F2N6O4S/c1-35-30-22(32)15-9-12-31(13-10-15)36(33,34)18-5-2-16(3-6-18)28-23-26-11-8-21(29-23)27-17-4-7-19(24)20(25)14-17/h2-8,11,14-15H,9-10,12-13H2,1H3,(H,30,32)(H2,26,27,28,29). The van der Waals surface area contributed by atoms with Gasteiger partial charge >= 0.3 is 0 Å². The number of amides is 1. The fourth-order valence-electron chi connectivity index (χ4n) is 3.74. The summed E-state index contributed by atoms with van der Waals surface area (Å²) in [6.45, 7) is 0.464. The molecule has 0 bridgehead atoms. The van der Waals surface area contributed by atoms with E-state index >= 15 is 0 Å². The molecule has 2 heterocycles. The average Bonchev–Trinajstić information content (AvgIpc) is 2.87. The van der Waals surface area contributed by atoms with Gasteiger partial charge < -0.3 is 10.6 Å². The van der Waals surface area contributed by atoms with E-state index in [0.717, 1.165) is 12.1 Å². The van der Waals surface area contributed by atoms with E-state index in [4.69, 9.17) is 0 Å². The molecule has 1 aliphatic rings. The first-order chi connectivity index (χ1) is 17.3. The van der Waals surface area contributed by atoms with Crippen LogP contribution in [-0.2, 0) is 19.7 Å². The molecular formula is C23H24F2N6O4S. The fraction of sp³-hybridized carbons (Fsp3) is 0.261. The second-order valence-corrected chi connectivity index (χ2v) is 9.96. The number of nitrogens with zero attached hydrogens (tertiary/aromatic N) is 3. The molecule has 1 aliphatic heterocycles. The van der Waals surface area contributed by atoms with Gasteiger partial charge in [-0.2, -0.15) is 9.29 Å². The Morgan fingerprint density at radius 1 is 1.00 bits per heavy atom. The van der Waals surface area contributed by atoms with E-state index in [0.29, 0.717) is 30.0 Å². The van der Waals surface area contributed by atoms with Gasteiger partial charge in [0.15, 0.2) is 11.6 Å². The molecule has 13 heteroatoms. The van der Waals surface area contributed by atoms with Gasteiger partial charge in [0.25, 0.3) is 0 Å². The van der Waals surface area contributed by atoms with Crippen LogP contribution in [0.4, 0.5) is 31.9 Å². The molecule has 0 atom stereocenters. The molecule has 1 fully saturated rings. The van der Waals surface area contributed by atoms with Crippen molar-refractivity contribution in [2.45, 2.75) is 17.7 Å². The number of hydroxylamine groups is 1. The number of carbonyl (C=O) groups excluding carboxylic acids is 1. The molecule has 4 rings (SSSR count). The molecule has 0 aliphatic carbocycles. The van der Waals surface area contributed by atoms with E-state index in [2.05, 4.69) is 30.9 Å². The van der Waals surface area contributed by atoms with Crippen LogP contribution in [0.25, 0.3) is 0 Å². The molecule has 10 nitrogen and oxygen atoms in total. The third kappa shape index (κ3) is 5.93. The average molecular weight is 519 g/mol. The Kier molecular flexibility index (Phi) is 7.72. The third-order valence-electron chi connectivity index (χ3n) is 5.62. The maximum Gasteiger partial charge on any atom is 0.246 e. The second-order valence-electron chi connectivity index (χ2n) is 8.02. The predicted molar refractivity (Wildman–Crippen MR) is 128 cm³/mol. The predicted octanol–water partition coefficient (Wildman–Crippen LogP) is 3.32. The Morgan fingerprint density at radius 3 is 2.36 bits per heavy atom. The number of anilines is 4. The number of halogens is 2. The molecule has 0 radical (unpaired) electrons. The quantitative estimate of drug-likeness (QED) is 0.388. The molecule has 1 aromatic heterocycles. The van der Waals surface area contributed by atoms with Gasteiger partial charge in [0.2, 0.25) is 21.9 Å². The van der Waals surface area contributed by atoms with E-state index in [1.54, 1.807) is 18.2 Å². The van der Waals surface area contributed by atoms with Crippen molar-refractivity contribution in [2.75, 3.05) is 30.8 Å². The van der Waals surface area contributed by atoms with Crippen LogP contribution in [0.3, 0.4) is 0 Å². The first-order valence-corrected chi connectivity index (χ1v) is 12.5. The smallest absolute Gasteiger partial charge is 0.246 e. The van der Waals surface area contributed by atoms with Crippen LogP contribution < -0.4 is 16.1 Å². The Labute approximate surface area is 206 Å². The molecule has 0 spiro atoms. The summed E-state index contributed by atoms with van der Waals surface area (Å²) in [6, 6.07) is 11.1. The summed E-state index contributed by atoms with van der Waals surface area (Å²) in [5.74, 6) is -1.92. The third-order valence-corrected chi connectivity index (χ3v) is 7.54. The van der Waals surface area contributed by atoms with Crippen LogP contribution in [-0.4, -0.2) is 48.8 Å². The van der Waals surface area contributed by atoms with Crippen LogP contribution in [0.5, 0.6) is 0 Å². The number of nitrogens with one attached hydrogen (secondary N) is 3. The molecule has 3 aromatic rings. The van der Waals surface area contributed by atoms with Gasteiger partial charge in [-0.25, -0.2) is 27.7 Å². The topological polar surface area (TPSA) is 126 Å². The largest absolute Gasteiger partial charge is 0.340 e. The molecule has 3 N–H and O–H groups in total. The Morgan fingerprint density at radius 2 is 1.69 bits per heavy atom. The number of carbonyl (C=O) groups is 1. The Bertz CT molecular complexity index is 1330. The lowest BCUT2D eigenvalue weighted by Crippen LogP contribution is -2.42. The van der Waals surface area contributed by atoms with Crippen molar-refractivity contribution in [3.8, 4) is 0 Å². The number of rotatable bonds is 8. The number of hydrogen-bond acceptors (Lipinski definition) is 8. The van der Waals surface area contributed by atoms with Gasteiger partial charge in [-0.1, -0.05) is 0 Å². The van der Waals surface area contributed by atoms with Crippen molar-refractivity contribution in [1.82, 2.24) is 19.8 Å². The van der Waals surface area contributed by atoms with E-state index in [1.165, 1.54) is 35.8 Å². The van der Waals surface area contributed by atoms with Crippen molar-refractivity contribution in [2.24, 2.45) is 5.92 Å². The van der Waals surface area contributed by atoms with Gasteiger partial charge in [-0.15, -0.1) is 0 Å². The summed E-state index contributed by atoms with van der Waals surface area (Å²) in [5, 5.41) is 5.84. The number of hydrogen-bond donors (Lipinski definition) is 3. The maximum absolute atomic E-state index is 13.4. The normalized spacial score (nSPS) is 14.9. The number of sulfonamides is 1. The Hall–Kier alpha value is -3.68. The number of piperidine rings is 1. The molecule has 190 valence electrons. The molecular weight excluding hydrogens is 494 g/mol. The second kappa shape index (κ2) is 10.9. The van der Waals surface area contributed by atoms with E-state index in [-0.39, 0.29) is 35.8 Å². The van der Waals surface area contributed by atoms with Crippen molar-refractivity contribution < 1.29 is 26.8 Å². The van der Waals surface area contributed by atoms with Crippen LogP contribution in [0.2, 0.25) is 0 Å². The van der Waals surface area contributed by atoms with Gasteiger partial charge in [0.1, 0.15) is 5.82 Å². The van der Waals surface area contributed by atoms with E-state index < -0.39 is 21.7 Å². The molecule has 2 aromatic carbocycles. The molecule has 0 unspecified atom stereocenters. The van der Waals surface area contributed by atoms with Gasteiger partial charge in [0.05, 0.1) is 12.0 Å². The summed E-state index contributed by atoms with van der Waals surface area (Å²) in [5.41, 5.74) is 3.16. The lowest BCUT2D eigenvalue weighted by atomic mass is 9.98. The van der Waals surface area contributed by atoms with E-state index in [9.17, 15) is 22.0 Å². The van der Waals surface area contributed by atoms with Crippen LogP contribution >= 0.6 is 0 Å². The van der Waals surface area contributed by atoms with E-state index in [1.807, 2.05) is 0 Å². The Balaban J connectivity index is 1.39. The summed E-state index contributed by atoms with van der Waals surface area (Å²) in [6.07, 6.45) is 2.29. The molecule has 1 amide bonds. The minimum atomic E-state index is -3.72. The highest BCUT2D eigenvalue weighted by atomic mass is 32.2. The zero-order valence-electron chi connectivity index (χ0n) is 19.2. The van der Waals surface area contributed by atoms with Crippen molar-refractivity contribution in [3.05, 3.63) is 66.4 Å². The number of benzene rings is 2. The minimum Gasteiger partial charge on any atom is -0.340 e. The maximum atomic E-state index is 13.4. The summed E-state index contributed by atoms with van der Waals surface area (Å²) in [4.78, 5) is 25.1. The molecule has 36 heavy (non-hydrogen) atoms. The SMILES string of the molecule is CONC(=O)C1CCN(S(=O)(=O)c2ccc(Nc3nccc(Nc4ccc(F)c(F)c4)n3)cc2)CC1. The fourth-order valence-corrected chi connectivity index (χ4v) is 5.21. The monoisotopic (exact) mass is 518 g/mol. The molecule has 1 saturated heterocycles. The zero-order chi connectivity index (χ0) is 25.7.